The summed E-state index contributed by atoms with van der Waals surface area (Å²) in [6.07, 6.45) is 6.34. The number of hydrogen-bond donors (Lipinski definition) is 1. The SMILES string of the molecule is Cc1cc(C(=O)NC2CCCC2)c(C)n1Cc1ccco1. The van der Waals surface area contributed by atoms with Crippen LogP contribution >= 0.6 is 0 Å². The third kappa shape index (κ3) is 2.89. The minimum absolute atomic E-state index is 0.0562. The quantitative estimate of drug-likeness (QED) is 0.936. The van der Waals surface area contributed by atoms with Gasteiger partial charge in [-0.1, -0.05) is 12.8 Å². The Hall–Kier alpha value is -1.97. The zero-order chi connectivity index (χ0) is 14.8. The first-order valence-corrected chi connectivity index (χ1v) is 7.65. The number of rotatable bonds is 4. The second-order valence-electron chi connectivity index (χ2n) is 5.91. The van der Waals surface area contributed by atoms with Crippen molar-refractivity contribution in [2.45, 2.75) is 52.1 Å². The van der Waals surface area contributed by atoms with Crippen molar-refractivity contribution in [3.8, 4) is 0 Å². The fourth-order valence-electron chi connectivity index (χ4n) is 3.17. The van der Waals surface area contributed by atoms with E-state index in [-0.39, 0.29) is 5.91 Å². The molecule has 0 atom stereocenters. The van der Waals surface area contributed by atoms with Crippen molar-refractivity contribution in [1.29, 1.82) is 0 Å². The largest absolute Gasteiger partial charge is 0.467 e. The lowest BCUT2D eigenvalue weighted by molar-refractivity contribution is 0.0937. The van der Waals surface area contributed by atoms with Gasteiger partial charge < -0.3 is 14.3 Å². The van der Waals surface area contributed by atoms with Crippen molar-refractivity contribution in [1.82, 2.24) is 9.88 Å². The molecule has 1 fully saturated rings. The number of carbonyl (C=O) groups excluding carboxylic acids is 1. The van der Waals surface area contributed by atoms with Crippen molar-refractivity contribution in [2.24, 2.45) is 0 Å². The van der Waals surface area contributed by atoms with Crippen molar-refractivity contribution in [3.63, 3.8) is 0 Å². The molecule has 1 N–H and O–H groups in total. The Morgan fingerprint density at radius 1 is 1.38 bits per heavy atom. The molecule has 2 aromatic rings. The Bertz CT molecular complexity index is 620. The molecule has 1 saturated carbocycles. The molecule has 0 aromatic carbocycles. The average Bonchev–Trinajstić information content (AvgIpc) is 3.17. The number of furan rings is 1. The molecule has 0 unspecified atom stereocenters. The standard InChI is InChI=1S/C17H22N2O2/c1-12-10-16(17(20)18-14-6-3-4-7-14)13(2)19(12)11-15-8-5-9-21-15/h5,8-10,14H,3-4,6-7,11H2,1-2H3,(H,18,20). The van der Waals surface area contributed by atoms with Gasteiger partial charge in [-0.3, -0.25) is 4.79 Å². The summed E-state index contributed by atoms with van der Waals surface area (Å²) in [6, 6.07) is 6.17. The second-order valence-corrected chi connectivity index (χ2v) is 5.91. The van der Waals surface area contributed by atoms with Crippen LogP contribution in [0.15, 0.2) is 28.9 Å². The minimum atomic E-state index is 0.0562. The summed E-state index contributed by atoms with van der Waals surface area (Å²) in [5.74, 6) is 0.959. The highest BCUT2D eigenvalue weighted by Crippen LogP contribution is 2.21. The first-order valence-electron chi connectivity index (χ1n) is 7.65. The van der Waals surface area contributed by atoms with Crippen LogP contribution in [0.25, 0.3) is 0 Å². The summed E-state index contributed by atoms with van der Waals surface area (Å²) in [4.78, 5) is 12.4. The number of aryl methyl sites for hydroxylation is 1. The monoisotopic (exact) mass is 286 g/mol. The first kappa shape index (κ1) is 14.0. The van der Waals surface area contributed by atoms with Crippen molar-refractivity contribution < 1.29 is 9.21 Å². The number of carbonyl (C=O) groups is 1. The molecule has 1 aliphatic rings. The topological polar surface area (TPSA) is 47.2 Å². The molecular weight excluding hydrogens is 264 g/mol. The molecule has 21 heavy (non-hydrogen) atoms. The molecule has 2 heterocycles. The fourth-order valence-corrected chi connectivity index (χ4v) is 3.17. The van der Waals surface area contributed by atoms with Crippen LogP contribution in [0.5, 0.6) is 0 Å². The Balaban J connectivity index is 1.78. The molecule has 0 radical (unpaired) electrons. The molecule has 4 heteroatoms. The van der Waals surface area contributed by atoms with E-state index in [9.17, 15) is 4.79 Å². The molecule has 1 aliphatic carbocycles. The van der Waals surface area contributed by atoms with Gasteiger partial charge in [0.05, 0.1) is 18.4 Å². The number of amides is 1. The lowest BCUT2D eigenvalue weighted by atomic mass is 10.2. The normalized spacial score (nSPS) is 15.5. The maximum atomic E-state index is 12.4. The second kappa shape index (κ2) is 5.80. The summed E-state index contributed by atoms with van der Waals surface area (Å²) >= 11 is 0. The zero-order valence-electron chi connectivity index (χ0n) is 12.7. The Morgan fingerprint density at radius 2 is 2.14 bits per heavy atom. The molecule has 3 rings (SSSR count). The highest BCUT2D eigenvalue weighted by molar-refractivity contribution is 5.95. The van der Waals surface area contributed by atoms with E-state index in [0.29, 0.717) is 12.6 Å². The van der Waals surface area contributed by atoms with Gasteiger partial charge >= 0.3 is 0 Å². The van der Waals surface area contributed by atoms with E-state index in [0.717, 1.165) is 35.6 Å². The van der Waals surface area contributed by atoms with Gasteiger partial charge in [-0.05, 0) is 44.9 Å². The van der Waals surface area contributed by atoms with Gasteiger partial charge in [0.25, 0.3) is 5.91 Å². The van der Waals surface area contributed by atoms with Crippen LogP contribution < -0.4 is 5.32 Å². The highest BCUT2D eigenvalue weighted by Gasteiger charge is 2.21. The van der Waals surface area contributed by atoms with Crippen LogP contribution in [0.3, 0.4) is 0 Å². The maximum Gasteiger partial charge on any atom is 0.253 e. The van der Waals surface area contributed by atoms with Crippen LogP contribution in [-0.4, -0.2) is 16.5 Å². The van der Waals surface area contributed by atoms with Crippen molar-refractivity contribution in [3.05, 3.63) is 47.2 Å². The number of aromatic nitrogens is 1. The fraction of sp³-hybridized carbons (Fsp3) is 0.471. The summed E-state index contributed by atoms with van der Waals surface area (Å²) in [5.41, 5.74) is 2.87. The molecule has 0 bridgehead atoms. The number of hydrogen-bond acceptors (Lipinski definition) is 2. The van der Waals surface area contributed by atoms with Gasteiger partial charge in [-0.15, -0.1) is 0 Å². The Kier molecular flexibility index (Phi) is 3.86. The van der Waals surface area contributed by atoms with Gasteiger partial charge in [0.2, 0.25) is 0 Å². The lowest BCUT2D eigenvalue weighted by Crippen LogP contribution is -2.32. The van der Waals surface area contributed by atoms with E-state index < -0.39 is 0 Å². The molecule has 2 aromatic heterocycles. The van der Waals surface area contributed by atoms with Crippen molar-refractivity contribution in [2.75, 3.05) is 0 Å². The highest BCUT2D eigenvalue weighted by atomic mass is 16.3. The van der Waals surface area contributed by atoms with E-state index >= 15 is 0 Å². The third-order valence-electron chi connectivity index (χ3n) is 4.40. The van der Waals surface area contributed by atoms with Gasteiger partial charge in [0, 0.05) is 17.4 Å². The molecule has 4 nitrogen and oxygen atoms in total. The van der Waals surface area contributed by atoms with Gasteiger partial charge in [-0.2, -0.15) is 0 Å². The van der Waals surface area contributed by atoms with Crippen LogP contribution in [0, 0.1) is 13.8 Å². The summed E-state index contributed by atoms with van der Waals surface area (Å²) in [6.45, 7) is 4.70. The van der Waals surface area contributed by atoms with Gasteiger partial charge in [0.15, 0.2) is 0 Å². The lowest BCUT2D eigenvalue weighted by Gasteiger charge is -2.12. The number of nitrogens with zero attached hydrogens (tertiary/aromatic N) is 1. The molecule has 1 amide bonds. The average molecular weight is 286 g/mol. The van der Waals surface area contributed by atoms with E-state index in [1.165, 1.54) is 12.8 Å². The van der Waals surface area contributed by atoms with E-state index in [2.05, 4.69) is 9.88 Å². The maximum absolute atomic E-state index is 12.4. The van der Waals surface area contributed by atoms with Crippen LogP contribution in [0.1, 0.15) is 53.2 Å². The van der Waals surface area contributed by atoms with Crippen LogP contribution in [0.4, 0.5) is 0 Å². The number of nitrogens with one attached hydrogen (secondary N) is 1. The van der Waals surface area contributed by atoms with Crippen LogP contribution in [0.2, 0.25) is 0 Å². The molecule has 0 saturated heterocycles. The van der Waals surface area contributed by atoms with E-state index in [1.54, 1.807) is 6.26 Å². The third-order valence-corrected chi connectivity index (χ3v) is 4.40. The van der Waals surface area contributed by atoms with Gasteiger partial charge in [0.1, 0.15) is 5.76 Å². The summed E-state index contributed by atoms with van der Waals surface area (Å²) < 4.78 is 7.53. The molecule has 0 spiro atoms. The van der Waals surface area contributed by atoms with Gasteiger partial charge in [-0.25, -0.2) is 0 Å². The molecule has 0 aliphatic heterocycles. The zero-order valence-corrected chi connectivity index (χ0v) is 12.7. The summed E-state index contributed by atoms with van der Waals surface area (Å²) in [7, 11) is 0. The predicted octanol–water partition coefficient (Wildman–Crippen LogP) is 3.42. The summed E-state index contributed by atoms with van der Waals surface area (Å²) in [5, 5.41) is 3.16. The predicted molar refractivity (Wildman–Crippen MR) is 81.4 cm³/mol. The minimum Gasteiger partial charge on any atom is -0.467 e. The van der Waals surface area contributed by atoms with E-state index in [4.69, 9.17) is 4.42 Å². The van der Waals surface area contributed by atoms with E-state index in [1.807, 2.05) is 32.0 Å². The Labute approximate surface area is 125 Å². The van der Waals surface area contributed by atoms with Crippen LogP contribution in [-0.2, 0) is 6.54 Å². The first-order chi connectivity index (χ1) is 10.1. The molecule has 112 valence electrons. The smallest absolute Gasteiger partial charge is 0.253 e. The van der Waals surface area contributed by atoms with Crippen molar-refractivity contribution >= 4 is 5.91 Å². The Morgan fingerprint density at radius 3 is 2.81 bits per heavy atom. The molecular formula is C17H22N2O2.